The van der Waals surface area contributed by atoms with Crippen LogP contribution in [0.4, 0.5) is 18.9 Å². The van der Waals surface area contributed by atoms with Crippen LogP contribution in [-0.2, 0) is 11.0 Å². The molecule has 3 aromatic heterocycles. The molecule has 4 rings (SSSR count). The summed E-state index contributed by atoms with van der Waals surface area (Å²) in [5.74, 6) is -0.623. The maximum Gasteiger partial charge on any atom is 0.416 e. The van der Waals surface area contributed by atoms with Crippen molar-refractivity contribution in [1.82, 2.24) is 15.0 Å². The summed E-state index contributed by atoms with van der Waals surface area (Å²) in [5, 5.41) is 12.1. The van der Waals surface area contributed by atoms with Crippen LogP contribution in [0.5, 0.6) is 0 Å². The molecule has 0 unspecified atom stereocenters. The first-order valence-corrected chi connectivity index (χ1v) is 9.27. The summed E-state index contributed by atoms with van der Waals surface area (Å²) in [6.07, 6.45) is 2.53. The van der Waals surface area contributed by atoms with E-state index in [2.05, 4.69) is 26.8 Å². The van der Waals surface area contributed by atoms with Crippen LogP contribution in [0.1, 0.15) is 11.1 Å². The first kappa shape index (κ1) is 20.8. The molecule has 1 aromatic carbocycles. The number of fused-ring (bicyclic) bond motifs is 1. The largest absolute Gasteiger partial charge is 0.416 e. The zero-order valence-electron chi connectivity index (χ0n) is 16.4. The lowest BCUT2D eigenvalue weighted by atomic mass is 10.00. The fraction of sp³-hybridized carbons (Fsp3) is 0.0435. The number of nitriles is 1. The Bertz CT molecular complexity index is 1400. The molecule has 0 saturated heterocycles. The Morgan fingerprint density at radius 3 is 2.62 bits per heavy atom. The van der Waals surface area contributed by atoms with Crippen LogP contribution < -0.4 is 5.32 Å². The molecule has 0 radical (unpaired) electrons. The molecule has 32 heavy (non-hydrogen) atoms. The number of hydrogen-bond donors (Lipinski definition) is 2. The number of carbonyl (C=O) groups excluding carboxylic acids is 1. The Morgan fingerprint density at radius 2 is 1.91 bits per heavy atom. The van der Waals surface area contributed by atoms with Gasteiger partial charge in [-0.15, -0.1) is 0 Å². The molecule has 9 heteroatoms. The molecular formula is C23H14F3N5O. The quantitative estimate of drug-likeness (QED) is 0.427. The highest BCUT2D eigenvalue weighted by atomic mass is 19.4. The standard InChI is InChI=1S/C23H14F3N5O/c1-2-21(32)31-18-5-14(4-17(7-18)23(24,25)26)15-6-19-20(12-30-22(19)29-11-15)16-3-13(8-27)9-28-10-16/h2-7,9-12H,1H2,(H,29,30)(H,31,32). The van der Waals surface area contributed by atoms with Gasteiger partial charge in [0.15, 0.2) is 0 Å². The second kappa shape index (κ2) is 8.00. The zero-order valence-corrected chi connectivity index (χ0v) is 16.4. The zero-order chi connectivity index (χ0) is 22.9. The average molecular weight is 433 g/mol. The molecule has 158 valence electrons. The fourth-order valence-electron chi connectivity index (χ4n) is 3.27. The van der Waals surface area contributed by atoms with Crippen LogP contribution in [0.15, 0.2) is 67.8 Å². The predicted molar refractivity (Wildman–Crippen MR) is 113 cm³/mol. The summed E-state index contributed by atoms with van der Waals surface area (Å²) in [6.45, 7) is 3.31. The lowest BCUT2D eigenvalue weighted by Crippen LogP contribution is -2.10. The second-order valence-electron chi connectivity index (χ2n) is 6.89. The first-order chi connectivity index (χ1) is 15.3. The number of hydrogen-bond acceptors (Lipinski definition) is 4. The van der Waals surface area contributed by atoms with Crippen molar-refractivity contribution in [2.45, 2.75) is 6.18 Å². The van der Waals surface area contributed by atoms with Gasteiger partial charge < -0.3 is 10.3 Å². The highest BCUT2D eigenvalue weighted by Crippen LogP contribution is 2.36. The van der Waals surface area contributed by atoms with E-state index in [1.807, 2.05) is 6.07 Å². The molecule has 0 aliphatic carbocycles. The lowest BCUT2D eigenvalue weighted by Gasteiger charge is -2.13. The minimum atomic E-state index is -4.61. The number of alkyl halides is 3. The normalized spacial score (nSPS) is 11.2. The number of benzene rings is 1. The number of pyridine rings is 2. The van der Waals surface area contributed by atoms with Gasteiger partial charge in [0, 0.05) is 52.6 Å². The van der Waals surface area contributed by atoms with Crippen LogP contribution in [-0.4, -0.2) is 20.9 Å². The molecule has 4 aromatic rings. The molecule has 0 aliphatic rings. The molecule has 0 fully saturated rings. The highest BCUT2D eigenvalue weighted by molar-refractivity contribution is 6.00. The Morgan fingerprint density at radius 1 is 1.09 bits per heavy atom. The van der Waals surface area contributed by atoms with Gasteiger partial charge in [0.05, 0.1) is 11.1 Å². The van der Waals surface area contributed by atoms with E-state index in [0.29, 0.717) is 33.3 Å². The molecule has 3 heterocycles. The van der Waals surface area contributed by atoms with Gasteiger partial charge >= 0.3 is 6.18 Å². The minimum Gasteiger partial charge on any atom is -0.346 e. The van der Waals surface area contributed by atoms with Crippen molar-refractivity contribution >= 4 is 22.6 Å². The number of aromatic nitrogens is 3. The monoisotopic (exact) mass is 433 g/mol. The Balaban J connectivity index is 1.86. The predicted octanol–water partition coefficient (Wildman–Crippen LogP) is 5.31. The topological polar surface area (TPSA) is 94.5 Å². The summed E-state index contributed by atoms with van der Waals surface area (Å²) in [4.78, 5) is 23.0. The van der Waals surface area contributed by atoms with Crippen LogP contribution in [0, 0.1) is 11.3 Å². The molecule has 0 atom stereocenters. The van der Waals surface area contributed by atoms with Gasteiger partial charge in [0.1, 0.15) is 11.7 Å². The highest BCUT2D eigenvalue weighted by Gasteiger charge is 2.31. The van der Waals surface area contributed by atoms with Crippen molar-refractivity contribution in [3.05, 3.63) is 78.9 Å². The lowest BCUT2D eigenvalue weighted by molar-refractivity contribution is -0.137. The van der Waals surface area contributed by atoms with E-state index in [4.69, 9.17) is 5.26 Å². The van der Waals surface area contributed by atoms with Gasteiger partial charge in [-0.25, -0.2) is 4.98 Å². The fourth-order valence-corrected chi connectivity index (χ4v) is 3.27. The number of H-pyrrole nitrogens is 1. The number of nitrogens with zero attached hydrogens (tertiary/aromatic N) is 3. The van der Waals surface area contributed by atoms with Crippen LogP contribution in [0.25, 0.3) is 33.3 Å². The third kappa shape index (κ3) is 4.06. The van der Waals surface area contributed by atoms with E-state index in [9.17, 15) is 18.0 Å². The Kier molecular flexibility index (Phi) is 5.20. The molecule has 0 saturated carbocycles. The van der Waals surface area contributed by atoms with Crippen molar-refractivity contribution in [3.63, 3.8) is 0 Å². The maximum atomic E-state index is 13.5. The van der Waals surface area contributed by atoms with E-state index >= 15 is 0 Å². The van der Waals surface area contributed by atoms with Crippen molar-refractivity contribution in [3.8, 4) is 28.3 Å². The summed E-state index contributed by atoms with van der Waals surface area (Å²) >= 11 is 0. The molecule has 6 nitrogen and oxygen atoms in total. The third-order valence-corrected chi connectivity index (χ3v) is 4.76. The van der Waals surface area contributed by atoms with Crippen molar-refractivity contribution in [2.24, 2.45) is 0 Å². The van der Waals surface area contributed by atoms with E-state index < -0.39 is 17.6 Å². The summed E-state index contributed by atoms with van der Waals surface area (Å²) in [6, 6.07) is 8.67. The van der Waals surface area contributed by atoms with Crippen LogP contribution in [0.2, 0.25) is 0 Å². The van der Waals surface area contributed by atoms with Crippen molar-refractivity contribution in [2.75, 3.05) is 5.32 Å². The number of rotatable bonds is 4. The van der Waals surface area contributed by atoms with Gasteiger partial charge in [-0.2, -0.15) is 18.4 Å². The summed E-state index contributed by atoms with van der Waals surface area (Å²) in [5.41, 5.74) is 1.99. The number of aromatic amines is 1. The second-order valence-corrected chi connectivity index (χ2v) is 6.89. The van der Waals surface area contributed by atoms with Gasteiger partial charge in [-0.1, -0.05) is 6.58 Å². The molecular weight excluding hydrogens is 419 g/mol. The Hall–Kier alpha value is -4.45. The smallest absolute Gasteiger partial charge is 0.346 e. The minimum absolute atomic E-state index is 0.0139. The van der Waals surface area contributed by atoms with Gasteiger partial charge in [-0.05, 0) is 42.0 Å². The van der Waals surface area contributed by atoms with Crippen molar-refractivity contribution in [1.29, 1.82) is 5.26 Å². The molecule has 0 spiro atoms. The van der Waals surface area contributed by atoms with E-state index in [1.165, 1.54) is 18.5 Å². The molecule has 0 bridgehead atoms. The number of nitrogens with one attached hydrogen (secondary N) is 2. The van der Waals surface area contributed by atoms with Crippen LogP contribution in [0.3, 0.4) is 0 Å². The first-order valence-electron chi connectivity index (χ1n) is 9.27. The average Bonchev–Trinajstić information content (AvgIpc) is 3.21. The number of amides is 1. The Labute approximate surface area is 180 Å². The van der Waals surface area contributed by atoms with Gasteiger partial charge in [0.25, 0.3) is 0 Å². The van der Waals surface area contributed by atoms with Gasteiger partial charge in [0.2, 0.25) is 5.91 Å². The van der Waals surface area contributed by atoms with Gasteiger partial charge in [-0.3, -0.25) is 9.78 Å². The molecule has 2 N–H and O–H groups in total. The molecule has 1 amide bonds. The SMILES string of the molecule is C=CC(=O)Nc1cc(-c2cnc3[nH]cc(-c4cncc(C#N)c4)c3c2)cc(C(F)(F)F)c1. The van der Waals surface area contributed by atoms with Crippen molar-refractivity contribution < 1.29 is 18.0 Å². The third-order valence-electron chi connectivity index (χ3n) is 4.76. The van der Waals surface area contributed by atoms with E-state index in [-0.39, 0.29) is 11.3 Å². The summed E-state index contributed by atoms with van der Waals surface area (Å²) < 4.78 is 40.4. The number of halogens is 3. The number of carbonyl (C=O) groups is 1. The van der Waals surface area contributed by atoms with E-state index in [0.717, 1.165) is 18.2 Å². The number of anilines is 1. The summed E-state index contributed by atoms with van der Waals surface area (Å²) in [7, 11) is 0. The maximum absolute atomic E-state index is 13.5. The van der Waals surface area contributed by atoms with E-state index in [1.54, 1.807) is 24.5 Å². The van der Waals surface area contributed by atoms with Crippen LogP contribution >= 0.6 is 0 Å². The molecule has 0 aliphatic heterocycles.